The molecule has 0 radical (unpaired) electrons. The second-order valence-electron chi connectivity index (χ2n) is 6.38. The van der Waals surface area contributed by atoms with E-state index in [0.29, 0.717) is 11.7 Å². The predicted octanol–water partition coefficient (Wildman–Crippen LogP) is 4.49. The van der Waals surface area contributed by atoms with Crippen molar-refractivity contribution >= 4 is 22.9 Å². The number of rotatable bonds is 6. The molecule has 1 amide bonds. The van der Waals surface area contributed by atoms with Crippen LogP contribution in [-0.4, -0.2) is 18.7 Å². The van der Waals surface area contributed by atoms with E-state index in [-0.39, 0.29) is 12.5 Å². The van der Waals surface area contributed by atoms with Gasteiger partial charge >= 0.3 is 0 Å². The quantitative estimate of drug-likeness (QED) is 0.528. The van der Waals surface area contributed by atoms with Crippen LogP contribution in [0.2, 0.25) is 0 Å². The zero-order valence-corrected chi connectivity index (χ0v) is 15.0. The number of ether oxygens (including phenoxy) is 1. The SMILES string of the molecule is CC(C)c1cccc(OCC(=O)N/N=C/c2cccc3ccccc23)c1. The molecule has 1 N–H and O–H groups in total. The standard InChI is InChI=1S/C22H22N2O2/c1-16(2)18-9-6-11-20(13-18)26-15-22(25)24-23-14-19-10-5-8-17-7-3-4-12-21(17)19/h3-14,16H,15H2,1-2H3,(H,24,25)/b23-14+. The Morgan fingerprint density at radius 1 is 1.08 bits per heavy atom. The minimum absolute atomic E-state index is 0.0750. The first-order valence-electron chi connectivity index (χ1n) is 8.66. The number of nitrogens with one attached hydrogen (secondary N) is 1. The van der Waals surface area contributed by atoms with Crippen LogP contribution in [0.1, 0.15) is 30.9 Å². The Morgan fingerprint density at radius 2 is 1.85 bits per heavy atom. The van der Waals surface area contributed by atoms with Crippen LogP contribution in [0.15, 0.2) is 71.8 Å². The Balaban J connectivity index is 1.57. The van der Waals surface area contributed by atoms with Crippen molar-refractivity contribution in [3.63, 3.8) is 0 Å². The second-order valence-corrected chi connectivity index (χ2v) is 6.38. The lowest BCUT2D eigenvalue weighted by Crippen LogP contribution is -2.24. The van der Waals surface area contributed by atoms with Gasteiger partial charge in [0, 0.05) is 5.56 Å². The maximum atomic E-state index is 11.9. The predicted molar refractivity (Wildman–Crippen MR) is 106 cm³/mol. The van der Waals surface area contributed by atoms with Gasteiger partial charge in [0.05, 0.1) is 6.21 Å². The van der Waals surface area contributed by atoms with E-state index in [9.17, 15) is 4.79 Å². The molecular weight excluding hydrogens is 324 g/mol. The molecule has 0 aliphatic heterocycles. The molecule has 0 atom stereocenters. The van der Waals surface area contributed by atoms with Crippen molar-refractivity contribution in [3.8, 4) is 5.75 Å². The monoisotopic (exact) mass is 346 g/mol. The second kappa shape index (κ2) is 8.30. The summed E-state index contributed by atoms with van der Waals surface area (Å²) in [6.07, 6.45) is 1.65. The molecule has 0 saturated heterocycles. The summed E-state index contributed by atoms with van der Waals surface area (Å²) >= 11 is 0. The molecule has 4 heteroatoms. The zero-order chi connectivity index (χ0) is 18.4. The number of amides is 1. The number of nitrogens with zero attached hydrogens (tertiary/aromatic N) is 1. The van der Waals surface area contributed by atoms with Crippen LogP contribution in [0.3, 0.4) is 0 Å². The van der Waals surface area contributed by atoms with Crippen LogP contribution in [0, 0.1) is 0 Å². The summed E-state index contributed by atoms with van der Waals surface area (Å²) in [7, 11) is 0. The molecule has 132 valence electrons. The normalized spacial score (nSPS) is 11.2. The highest BCUT2D eigenvalue weighted by atomic mass is 16.5. The van der Waals surface area contributed by atoms with Gasteiger partial charge < -0.3 is 4.74 Å². The van der Waals surface area contributed by atoms with Gasteiger partial charge in [-0.05, 0) is 34.4 Å². The summed E-state index contributed by atoms with van der Waals surface area (Å²) in [4.78, 5) is 11.9. The number of hydrogen-bond acceptors (Lipinski definition) is 3. The van der Waals surface area contributed by atoms with Gasteiger partial charge in [0.25, 0.3) is 5.91 Å². The first-order valence-corrected chi connectivity index (χ1v) is 8.66. The van der Waals surface area contributed by atoms with Crippen LogP contribution >= 0.6 is 0 Å². The third kappa shape index (κ3) is 4.48. The highest BCUT2D eigenvalue weighted by Gasteiger charge is 2.04. The van der Waals surface area contributed by atoms with E-state index in [1.165, 1.54) is 5.56 Å². The van der Waals surface area contributed by atoms with Crippen molar-refractivity contribution in [3.05, 3.63) is 77.9 Å². The molecule has 0 saturated carbocycles. The Hall–Kier alpha value is -3.14. The number of hydrogen-bond donors (Lipinski definition) is 1. The van der Waals surface area contributed by atoms with E-state index in [1.807, 2.05) is 66.7 Å². The fourth-order valence-corrected chi connectivity index (χ4v) is 2.68. The van der Waals surface area contributed by atoms with E-state index in [0.717, 1.165) is 16.3 Å². The Bertz CT molecular complexity index is 927. The van der Waals surface area contributed by atoms with E-state index >= 15 is 0 Å². The Morgan fingerprint density at radius 3 is 2.69 bits per heavy atom. The van der Waals surface area contributed by atoms with Crippen molar-refractivity contribution in [2.45, 2.75) is 19.8 Å². The number of carbonyl (C=O) groups excluding carboxylic acids is 1. The van der Waals surface area contributed by atoms with Gasteiger partial charge in [-0.15, -0.1) is 0 Å². The molecule has 3 rings (SSSR count). The molecule has 26 heavy (non-hydrogen) atoms. The molecular formula is C22H22N2O2. The van der Waals surface area contributed by atoms with E-state index in [1.54, 1.807) is 6.21 Å². The van der Waals surface area contributed by atoms with E-state index in [2.05, 4.69) is 24.4 Å². The zero-order valence-electron chi connectivity index (χ0n) is 15.0. The minimum atomic E-state index is -0.295. The molecule has 0 fully saturated rings. The average Bonchev–Trinajstić information content (AvgIpc) is 2.67. The summed E-state index contributed by atoms with van der Waals surface area (Å²) in [6.45, 7) is 4.16. The van der Waals surface area contributed by atoms with Gasteiger partial charge in [-0.25, -0.2) is 5.43 Å². The molecule has 0 bridgehead atoms. The van der Waals surface area contributed by atoms with Gasteiger partial charge in [0.1, 0.15) is 5.75 Å². The van der Waals surface area contributed by atoms with Crippen LogP contribution in [0.5, 0.6) is 5.75 Å². The number of benzene rings is 3. The van der Waals surface area contributed by atoms with Gasteiger partial charge in [0.15, 0.2) is 6.61 Å². The van der Waals surface area contributed by atoms with Crippen LogP contribution < -0.4 is 10.2 Å². The van der Waals surface area contributed by atoms with Crippen molar-refractivity contribution in [2.24, 2.45) is 5.10 Å². The minimum Gasteiger partial charge on any atom is -0.484 e. The van der Waals surface area contributed by atoms with Gasteiger partial charge in [-0.2, -0.15) is 5.10 Å². The van der Waals surface area contributed by atoms with E-state index < -0.39 is 0 Å². The first-order chi connectivity index (χ1) is 12.6. The lowest BCUT2D eigenvalue weighted by Gasteiger charge is -2.09. The fraction of sp³-hybridized carbons (Fsp3) is 0.182. The molecule has 0 aliphatic rings. The van der Waals surface area contributed by atoms with Crippen molar-refractivity contribution in [1.29, 1.82) is 0 Å². The highest BCUT2D eigenvalue weighted by Crippen LogP contribution is 2.20. The van der Waals surface area contributed by atoms with Crippen molar-refractivity contribution in [1.82, 2.24) is 5.43 Å². The number of hydrazone groups is 1. The van der Waals surface area contributed by atoms with Crippen molar-refractivity contribution < 1.29 is 9.53 Å². The molecule has 0 unspecified atom stereocenters. The summed E-state index contributed by atoms with van der Waals surface area (Å²) in [6, 6.07) is 21.8. The first kappa shape index (κ1) is 17.7. The van der Waals surface area contributed by atoms with Crippen LogP contribution in [-0.2, 0) is 4.79 Å². The molecule has 0 heterocycles. The topological polar surface area (TPSA) is 50.7 Å². The molecule has 0 aliphatic carbocycles. The van der Waals surface area contributed by atoms with E-state index in [4.69, 9.17) is 4.74 Å². The fourth-order valence-electron chi connectivity index (χ4n) is 2.68. The lowest BCUT2D eigenvalue weighted by atomic mass is 10.0. The molecule has 4 nitrogen and oxygen atoms in total. The maximum Gasteiger partial charge on any atom is 0.277 e. The average molecular weight is 346 g/mol. The Kier molecular flexibility index (Phi) is 5.64. The van der Waals surface area contributed by atoms with Gasteiger partial charge in [-0.3, -0.25) is 4.79 Å². The third-order valence-corrected chi connectivity index (χ3v) is 4.11. The summed E-state index contributed by atoms with van der Waals surface area (Å²) in [5, 5.41) is 6.27. The summed E-state index contributed by atoms with van der Waals surface area (Å²) in [5.41, 5.74) is 4.64. The maximum absolute atomic E-state index is 11.9. The van der Waals surface area contributed by atoms with Crippen molar-refractivity contribution in [2.75, 3.05) is 6.61 Å². The molecule has 0 aromatic heterocycles. The van der Waals surface area contributed by atoms with Crippen LogP contribution in [0.4, 0.5) is 0 Å². The molecule has 0 spiro atoms. The molecule has 3 aromatic rings. The highest BCUT2D eigenvalue weighted by molar-refractivity contribution is 5.99. The summed E-state index contributed by atoms with van der Waals surface area (Å²) in [5.74, 6) is 0.804. The third-order valence-electron chi connectivity index (χ3n) is 4.11. The van der Waals surface area contributed by atoms with Gasteiger partial charge in [-0.1, -0.05) is 68.4 Å². The Labute approximate surface area is 153 Å². The number of carbonyl (C=O) groups is 1. The number of fused-ring (bicyclic) bond motifs is 1. The van der Waals surface area contributed by atoms with Crippen LogP contribution in [0.25, 0.3) is 10.8 Å². The smallest absolute Gasteiger partial charge is 0.277 e. The lowest BCUT2D eigenvalue weighted by molar-refractivity contribution is -0.123. The summed E-state index contributed by atoms with van der Waals surface area (Å²) < 4.78 is 5.55. The largest absolute Gasteiger partial charge is 0.484 e. The van der Waals surface area contributed by atoms with Gasteiger partial charge in [0.2, 0.25) is 0 Å². The molecule has 3 aromatic carbocycles.